The molecule has 1 aliphatic rings. The van der Waals surface area contributed by atoms with E-state index in [1.165, 1.54) is 6.07 Å². The topological polar surface area (TPSA) is 26.0 Å². The van der Waals surface area contributed by atoms with Crippen LogP contribution in [0.15, 0.2) is 84.9 Å². The number of nitrogen functional groups attached to an aromatic ring is 1. The van der Waals surface area contributed by atoms with Crippen LogP contribution in [-0.4, -0.2) is 0 Å². The molecule has 29 heavy (non-hydrogen) atoms. The fourth-order valence-electron chi connectivity index (χ4n) is 4.61. The zero-order valence-corrected chi connectivity index (χ0v) is 15.9. The molecule has 0 bridgehead atoms. The molecule has 0 unspecified atom stereocenters. The Morgan fingerprint density at radius 1 is 0.655 bits per heavy atom. The van der Waals surface area contributed by atoms with Crippen LogP contribution in [0.5, 0.6) is 0 Å². The summed E-state index contributed by atoms with van der Waals surface area (Å²) >= 11 is 0. The maximum absolute atomic E-state index is 14.7. The number of aryl methyl sites for hydroxylation is 1. The van der Waals surface area contributed by atoms with E-state index in [0.29, 0.717) is 5.56 Å². The Kier molecular flexibility index (Phi) is 3.82. The van der Waals surface area contributed by atoms with Gasteiger partial charge < -0.3 is 5.73 Å². The zero-order valence-electron chi connectivity index (χ0n) is 15.9. The van der Waals surface area contributed by atoms with Gasteiger partial charge in [0, 0.05) is 0 Å². The molecule has 4 aromatic carbocycles. The van der Waals surface area contributed by atoms with E-state index in [1.54, 1.807) is 25.1 Å². The van der Waals surface area contributed by atoms with Crippen LogP contribution >= 0.6 is 0 Å². The summed E-state index contributed by atoms with van der Waals surface area (Å²) in [6.45, 7) is 1.74. The molecule has 0 heterocycles. The van der Waals surface area contributed by atoms with Crippen molar-refractivity contribution in [1.82, 2.24) is 0 Å². The van der Waals surface area contributed by atoms with Gasteiger partial charge in [-0.3, -0.25) is 0 Å². The third-order valence-electron chi connectivity index (χ3n) is 5.99. The molecule has 1 aliphatic carbocycles. The zero-order chi connectivity index (χ0) is 20.2. The summed E-state index contributed by atoms with van der Waals surface area (Å²) in [6, 6.07) is 26.3. The molecule has 0 spiro atoms. The second-order valence-electron chi connectivity index (χ2n) is 7.54. The predicted octanol–water partition coefficient (Wildman–Crippen LogP) is 6.22. The highest BCUT2D eigenvalue weighted by molar-refractivity contribution is 5.86. The van der Waals surface area contributed by atoms with Gasteiger partial charge in [0.1, 0.15) is 11.6 Å². The molecule has 142 valence electrons. The Balaban J connectivity index is 1.97. The quantitative estimate of drug-likeness (QED) is 0.360. The minimum atomic E-state index is -0.823. The molecular weight excluding hydrogens is 364 g/mol. The van der Waals surface area contributed by atoms with Crippen molar-refractivity contribution in [2.24, 2.45) is 0 Å². The summed E-state index contributed by atoms with van der Waals surface area (Å²) in [7, 11) is 0. The van der Waals surface area contributed by atoms with Crippen LogP contribution < -0.4 is 5.73 Å². The van der Waals surface area contributed by atoms with Crippen LogP contribution in [0, 0.1) is 18.6 Å². The molecule has 0 saturated heterocycles. The van der Waals surface area contributed by atoms with Gasteiger partial charge >= 0.3 is 0 Å². The number of anilines is 1. The van der Waals surface area contributed by atoms with Gasteiger partial charge in [-0.05, 0) is 64.1 Å². The lowest BCUT2D eigenvalue weighted by atomic mass is 9.67. The van der Waals surface area contributed by atoms with E-state index in [0.717, 1.165) is 33.4 Å². The molecular formula is C26H19F2N. The van der Waals surface area contributed by atoms with Gasteiger partial charge in [0.15, 0.2) is 0 Å². The monoisotopic (exact) mass is 383 g/mol. The first-order valence-electron chi connectivity index (χ1n) is 9.55. The largest absolute Gasteiger partial charge is 0.396 e. The van der Waals surface area contributed by atoms with E-state index >= 15 is 0 Å². The van der Waals surface area contributed by atoms with E-state index < -0.39 is 11.2 Å². The summed E-state index contributed by atoms with van der Waals surface area (Å²) in [6.07, 6.45) is 0. The van der Waals surface area contributed by atoms with Gasteiger partial charge in [0.2, 0.25) is 0 Å². The molecule has 0 saturated carbocycles. The molecule has 5 rings (SSSR count). The Bertz CT molecular complexity index is 1160. The van der Waals surface area contributed by atoms with Crippen LogP contribution in [-0.2, 0) is 5.41 Å². The highest BCUT2D eigenvalue weighted by atomic mass is 19.1. The summed E-state index contributed by atoms with van der Waals surface area (Å²) in [5.74, 6) is -0.754. The van der Waals surface area contributed by atoms with Gasteiger partial charge in [0.05, 0.1) is 11.1 Å². The molecule has 1 nitrogen and oxygen atoms in total. The number of rotatable bonds is 2. The molecule has 0 amide bonds. The Hall–Kier alpha value is -3.46. The van der Waals surface area contributed by atoms with E-state index in [9.17, 15) is 8.78 Å². The fraction of sp³-hybridized carbons (Fsp3) is 0.0769. The first kappa shape index (κ1) is 17.6. The predicted molar refractivity (Wildman–Crippen MR) is 113 cm³/mol. The Morgan fingerprint density at radius 2 is 1.17 bits per heavy atom. The molecule has 3 heteroatoms. The van der Waals surface area contributed by atoms with Crippen molar-refractivity contribution in [3.05, 3.63) is 124 Å². The fourth-order valence-corrected chi connectivity index (χ4v) is 4.61. The first-order chi connectivity index (χ1) is 14.0. The molecule has 4 aromatic rings. The van der Waals surface area contributed by atoms with Crippen molar-refractivity contribution in [3.63, 3.8) is 0 Å². The summed E-state index contributed by atoms with van der Waals surface area (Å²) in [5.41, 5.74) is 11.3. The molecule has 0 aliphatic heterocycles. The number of halogens is 2. The summed E-state index contributed by atoms with van der Waals surface area (Å²) in [5, 5.41) is 0. The van der Waals surface area contributed by atoms with Crippen molar-refractivity contribution >= 4 is 5.69 Å². The summed E-state index contributed by atoms with van der Waals surface area (Å²) < 4.78 is 29.3. The Morgan fingerprint density at radius 3 is 1.72 bits per heavy atom. The second-order valence-corrected chi connectivity index (χ2v) is 7.54. The van der Waals surface area contributed by atoms with Crippen LogP contribution in [0.25, 0.3) is 11.1 Å². The van der Waals surface area contributed by atoms with Crippen molar-refractivity contribution in [2.75, 3.05) is 5.73 Å². The third kappa shape index (κ3) is 2.37. The van der Waals surface area contributed by atoms with Crippen LogP contribution in [0.3, 0.4) is 0 Å². The van der Waals surface area contributed by atoms with Crippen LogP contribution in [0.4, 0.5) is 14.5 Å². The van der Waals surface area contributed by atoms with Crippen molar-refractivity contribution in [3.8, 4) is 11.1 Å². The molecule has 0 aromatic heterocycles. The van der Waals surface area contributed by atoms with Gasteiger partial charge in [-0.15, -0.1) is 0 Å². The standard InChI is InChI=1S/C26H19F2N/c1-16-10-11-17(14-23(16)27)26(18-12-13-25(29)24(28)15-18)21-8-4-2-6-19(21)20-7-3-5-9-22(20)26/h2-15H,29H2,1H3. The van der Waals surface area contributed by atoms with Crippen molar-refractivity contribution in [1.29, 1.82) is 0 Å². The highest BCUT2D eigenvalue weighted by Crippen LogP contribution is 2.56. The van der Waals surface area contributed by atoms with Crippen LogP contribution in [0.1, 0.15) is 27.8 Å². The molecule has 2 N–H and O–H groups in total. The van der Waals surface area contributed by atoms with E-state index in [2.05, 4.69) is 12.1 Å². The van der Waals surface area contributed by atoms with E-state index in [4.69, 9.17) is 5.73 Å². The van der Waals surface area contributed by atoms with Crippen molar-refractivity contribution < 1.29 is 8.78 Å². The van der Waals surface area contributed by atoms with Crippen molar-refractivity contribution in [2.45, 2.75) is 12.3 Å². The van der Waals surface area contributed by atoms with Gasteiger partial charge in [-0.1, -0.05) is 66.7 Å². The second kappa shape index (κ2) is 6.28. The highest BCUT2D eigenvalue weighted by Gasteiger charge is 2.46. The van der Waals surface area contributed by atoms with E-state index in [1.807, 2.05) is 48.5 Å². The van der Waals surface area contributed by atoms with Gasteiger partial charge in [-0.25, -0.2) is 8.78 Å². The number of nitrogens with two attached hydrogens (primary N) is 1. The van der Waals surface area contributed by atoms with Crippen LogP contribution in [0.2, 0.25) is 0 Å². The lowest BCUT2D eigenvalue weighted by Crippen LogP contribution is -2.29. The average molecular weight is 383 g/mol. The summed E-state index contributed by atoms with van der Waals surface area (Å²) in [4.78, 5) is 0. The number of fused-ring (bicyclic) bond motifs is 3. The van der Waals surface area contributed by atoms with Gasteiger partial charge in [-0.2, -0.15) is 0 Å². The lowest BCUT2D eigenvalue weighted by Gasteiger charge is -2.34. The molecule has 0 atom stereocenters. The lowest BCUT2D eigenvalue weighted by molar-refractivity contribution is 0.608. The average Bonchev–Trinajstić information content (AvgIpc) is 3.04. The van der Waals surface area contributed by atoms with E-state index in [-0.39, 0.29) is 11.5 Å². The number of hydrogen-bond acceptors (Lipinski definition) is 1. The maximum atomic E-state index is 14.7. The normalized spacial score (nSPS) is 13.8. The molecule has 0 radical (unpaired) electrons. The minimum absolute atomic E-state index is 0.0959. The van der Waals surface area contributed by atoms with Gasteiger partial charge in [0.25, 0.3) is 0 Å². The first-order valence-corrected chi connectivity index (χ1v) is 9.55. The SMILES string of the molecule is Cc1ccc(C2(c3ccc(N)c(F)c3)c3ccccc3-c3ccccc32)cc1F. The Labute approximate surface area is 168 Å². The third-order valence-corrected chi connectivity index (χ3v) is 5.99. The number of benzene rings is 4. The molecule has 0 fully saturated rings. The minimum Gasteiger partial charge on any atom is -0.396 e. The number of hydrogen-bond donors (Lipinski definition) is 1. The smallest absolute Gasteiger partial charge is 0.146 e. The maximum Gasteiger partial charge on any atom is 0.146 e.